The molecule has 0 saturated carbocycles. The summed E-state index contributed by atoms with van der Waals surface area (Å²) in [5.41, 5.74) is 0.934. The van der Waals surface area contributed by atoms with Crippen LogP contribution in [-0.2, 0) is 25.0 Å². The van der Waals surface area contributed by atoms with Crippen molar-refractivity contribution in [3.8, 4) is 0 Å². The Morgan fingerprint density at radius 2 is 1.13 bits per heavy atom. The van der Waals surface area contributed by atoms with Gasteiger partial charge in [0, 0.05) is 0 Å². The minimum absolute atomic E-state index is 0.424. The fraction of sp³-hybridized carbons (Fsp3) is 0.600. The summed E-state index contributed by atoms with van der Waals surface area (Å²) in [5.74, 6) is 0. The average Bonchev–Trinajstić information content (AvgIpc) is 3.00. The molecule has 0 aliphatic carbocycles. The Kier molecular flexibility index (Phi) is 6.71. The summed E-state index contributed by atoms with van der Waals surface area (Å²) in [4.78, 5) is 0. The summed E-state index contributed by atoms with van der Waals surface area (Å²) in [5, 5.41) is 0.872. The van der Waals surface area contributed by atoms with Crippen LogP contribution >= 0.6 is 0 Å². The minimum Gasteiger partial charge on any atom is -0.400 e. The minimum atomic E-state index is -0.516. The first-order valence-corrected chi connectivity index (χ1v) is 11.4. The van der Waals surface area contributed by atoms with Crippen LogP contribution in [0.25, 0.3) is 0 Å². The molecule has 2 saturated heterocycles. The van der Waals surface area contributed by atoms with E-state index in [4.69, 9.17) is 18.6 Å². The Hall–Kier alpha value is -1.33. The molecule has 0 aromatic heterocycles. The van der Waals surface area contributed by atoms with Crippen molar-refractivity contribution >= 4 is 14.2 Å². The van der Waals surface area contributed by atoms with Gasteiger partial charge in [0.2, 0.25) is 0 Å². The molecule has 4 nitrogen and oxygen atoms in total. The largest absolute Gasteiger partial charge is 0.486 e. The molecule has 0 spiro atoms. The average molecular weight is 424 g/mol. The van der Waals surface area contributed by atoms with Gasteiger partial charge in [-0.25, -0.2) is 0 Å². The maximum absolute atomic E-state index is 6.36. The van der Waals surface area contributed by atoms with Gasteiger partial charge >= 0.3 is 14.2 Å². The fourth-order valence-corrected chi connectivity index (χ4v) is 3.53. The van der Waals surface area contributed by atoms with Crippen LogP contribution in [0.1, 0.15) is 74.3 Å². The number of benzene rings is 1. The van der Waals surface area contributed by atoms with Gasteiger partial charge in [0.15, 0.2) is 0 Å². The monoisotopic (exact) mass is 424 g/mol. The Bertz CT molecular complexity index is 770. The second-order valence-corrected chi connectivity index (χ2v) is 10.8. The SMILES string of the molecule is C/C(=C\C=C(B1OC(C)(C)C(C)(C)O1)B1OC(C)(C)C(C)(C)O1)CCc1ccccc1. The van der Waals surface area contributed by atoms with Crippen molar-refractivity contribution in [3.05, 3.63) is 59.0 Å². The highest BCUT2D eigenvalue weighted by molar-refractivity contribution is 6.78. The van der Waals surface area contributed by atoms with E-state index < -0.39 is 36.6 Å². The van der Waals surface area contributed by atoms with Crippen LogP contribution in [0.4, 0.5) is 0 Å². The van der Waals surface area contributed by atoms with Crippen LogP contribution in [0.2, 0.25) is 0 Å². The normalized spacial score (nSPS) is 23.8. The first kappa shape index (κ1) is 24.3. The molecule has 0 radical (unpaired) electrons. The van der Waals surface area contributed by atoms with Crippen molar-refractivity contribution in [1.29, 1.82) is 0 Å². The summed E-state index contributed by atoms with van der Waals surface area (Å²) in [6, 6.07) is 10.6. The summed E-state index contributed by atoms with van der Waals surface area (Å²) in [7, 11) is -1.03. The quantitative estimate of drug-likeness (QED) is 0.430. The molecular weight excluding hydrogens is 386 g/mol. The number of hydrogen-bond donors (Lipinski definition) is 0. The van der Waals surface area contributed by atoms with Gasteiger partial charge in [-0.3, -0.25) is 0 Å². The molecule has 1 aromatic carbocycles. The van der Waals surface area contributed by atoms with Gasteiger partial charge < -0.3 is 18.6 Å². The number of aryl methyl sites for hydroxylation is 1. The van der Waals surface area contributed by atoms with E-state index in [0.717, 1.165) is 18.2 Å². The summed E-state index contributed by atoms with van der Waals surface area (Å²) >= 11 is 0. The molecule has 2 heterocycles. The zero-order chi connectivity index (χ0) is 23.1. The Morgan fingerprint density at radius 3 is 1.55 bits per heavy atom. The molecule has 1 aromatic rings. The number of hydrogen-bond acceptors (Lipinski definition) is 4. The number of allylic oxidation sites excluding steroid dienone is 3. The summed E-state index contributed by atoms with van der Waals surface area (Å²) in [6.45, 7) is 18.7. The van der Waals surface area contributed by atoms with E-state index >= 15 is 0 Å². The van der Waals surface area contributed by atoms with Gasteiger partial charge in [0.25, 0.3) is 0 Å². The molecule has 168 valence electrons. The molecule has 0 unspecified atom stereocenters. The number of rotatable bonds is 6. The third kappa shape index (κ3) is 5.19. The zero-order valence-electron chi connectivity index (χ0n) is 20.7. The summed E-state index contributed by atoms with van der Waals surface area (Å²) < 4.78 is 25.4. The smallest absolute Gasteiger partial charge is 0.400 e. The predicted octanol–water partition coefficient (Wildman–Crippen LogP) is 5.75. The molecule has 2 fully saturated rings. The lowest BCUT2D eigenvalue weighted by Gasteiger charge is -2.32. The standard InChI is InChI=1S/C25H38B2O4/c1-19(15-17-20-13-11-10-12-14-20)16-18-21(26-28-22(2,3)23(4,5)29-26)27-30-24(6,7)25(8,9)31-27/h10-14,16,18H,15,17H2,1-9H3/b19-16+. The van der Waals surface area contributed by atoms with Gasteiger partial charge in [-0.15, -0.1) is 0 Å². The molecule has 3 rings (SSSR count). The van der Waals surface area contributed by atoms with E-state index in [9.17, 15) is 0 Å². The van der Waals surface area contributed by atoms with E-state index in [-0.39, 0.29) is 0 Å². The lowest BCUT2D eigenvalue weighted by Crippen LogP contribution is -2.41. The molecule has 2 aliphatic heterocycles. The van der Waals surface area contributed by atoms with Gasteiger partial charge in [-0.1, -0.05) is 48.1 Å². The summed E-state index contributed by atoms with van der Waals surface area (Å²) in [6.07, 6.45) is 6.22. The van der Waals surface area contributed by atoms with Crippen LogP contribution < -0.4 is 0 Å². The highest BCUT2D eigenvalue weighted by Gasteiger charge is 2.59. The van der Waals surface area contributed by atoms with Crippen LogP contribution in [0.5, 0.6) is 0 Å². The predicted molar refractivity (Wildman–Crippen MR) is 129 cm³/mol. The van der Waals surface area contributed by atoms with Crippen molar-refractivity contribution in [2.24, 2.45) is 0 Å². The molecule has 2 aliphatic rings. The van der Waals surface area contributed by atoms with E-state index in [1.807, 2.05) is 0 Å². The van der Waals surface area contributed by atoms with Crippen molar-refractivity contribution < 1.29 is 18.6 Å². The van der Waals surface area contributed by atoms with Crippen molar-refractivity contribution in [3.63, 3.8) is 0 Å². The maximum Gasteiger partial charge on any atom is 0.486 e. The van der Waals surface area contributed by atoms with E-state index in [2.05, 4.69) is 105 Å². The maximum atomic E-state index is 6.36. The third-order valence-corrected chi connectivity index (χ3v) is 7.26. The van der Waals surface area contributed by atoms with Gasteiger partial charge in [-0.2, -0.15) is 0 Å². The third-order valence-electron chi connectivity index (χ3n) is 7.26. The second-order valence-electron chi connectivity index (χ2n) is 10.8. The van der Waals surface area contributed by atoms with Crippen LogP contribution in [-0.4, -0.2) is 36.6 Å². The lowest BCUT2D eigenvalue weighted by molar-refractivity contribution is 0.00578. The molecule has 31 heavy (non-hydrogen) atoms. The molecule has 6 heteroatoms. The zero-order valence-corrected chi connectivity index (χ0v) is 20.7. The highest BCUT2D eigenvalue weighted by atomic mass is 16.7. The van der Waals surface area contributed by atoms with E-state index in [1.165, 1.54) is 11.1 Å². The van der Waals surface area contributed by atoms with E-state index in [1.54, 1.807) is 0 Å². The van der Waals surface area contributed by atoms with E-state index in [0.29, 0.717) is 0 Å². The van der Waals surface area contributed by atoms with Gasteiger partial charge in [0.05, 0.1) is 22.4 Å². The Balaban J connectivity index is 1.84. The van der Waals surface area contributed by atoms with Crippen LogP contribution in [0.15, 0.2) is 53.4 Å². The van der Waals surface area contributed by atoms with Crippen molar-refractivity contribution in [2.45, 2.75) is 97.6 Å². The molecule has 0 N–H and O–H groups in total. The first-order chi connectivity index (χ1) is 14.2. The van der Waals surface area contributed by atoms with Crippen LogP contribution in [0.3, 0.4) is 0 Å². The van der Waals surface area contributed by atoms with Crippen molar-refractivity contribution in [1.82, 2.24) is 0 Å². The Labute approximate surface area is 189 Å². The fourth-order valence-electron chi connectivity index (χ4n) is 3.53. The van der Waals surface area contributed by atoms with Crippen molar-refractivity contribution in [2.75, 3.05) is 0 Å². The molecular formula is C25H38B2O4. The van der Waals surface area contributed by atoms with Gasteiger partial charge in [-0.05, 0) is 86.1 Å². The Morgan fingerprint density at radius 1 is 0.710 bits per heavy atom. The highest BCUT2D eigenvalue weighted by Crippen LogP contribution is 2.43. The van der Waals surface area contributed by atoms with Crippen LogP contribution in [0, 0.1) is 0 Å². The molecule has 0 atom stereocenters. The first-order valence-electron chi connectivity index (χ1n) is 11.4. The molecule has 0 amide bonds. The molecule has 0 bridgehead atoms. The lowest BCUT2D eigenvalue weighted by atomic mass is 9.57. The van der Waals surface area contributed by atoms with Gasteiger partial charge in [0.1, 0.15) is 0 Å². The topological polar surface area (TPSA) is 36.9 Å². The second kappa shape index (κ2) is 8.55.